The summed E-state index contributed by atoms with van der Waals surface area (Å²) in [6.45, 7) is 5.75. The summed E-state index contributed by atoms with van der Waals surface area (Å²) in [4.78, 5) is 17.8. The highest BCUT2D eigenvalue weighted by Gasteiger charge is 2.03. The Morgan fingerprint density at radius 2 is 2.33 bits per heavy atom. The Labute approximate surface area is 88.4 Å². The minimum absolute atomic E-state index is 0.121. The lowest BCUT2D eigenvalue weighted by Crippen LogP contribution is -2.16. The van der Waals surface area contributed by atoms with E-state index < -0.39 is 0 Å². The van der Waals surface area contributed by atoms with Crippen molar-refractivity contribution in [2.75, 3.05) is 11.1 Å². The molecule has 0 spiro atoms. The highest BCUT2D eigenvalue weighted by Crippen LogP contribution is 2.08. The van der Waals surface area contributed by atoms with E-state index in [-0.39, 0.29) is 11.5 Å². The van der Waals surface area contributed by atoms with Gasteiger partial charge in [-0.05, 0) is 20.3 Å². The Balaban J connectivity index is 3.00. The zero-order valence-electron chi connectivity index (χ0n) is 9.22. The number of nitrogens with two attached hydrogens (primary N) is 1. The van der Waals surface area contributed by atoms with Crippen LogP contribution in [0.2, 0.25) is 0 Å². The molecule has 1 aromatic heterocycles. The van der Waals surface area contributed by atoms with Crippen molar-refractivity contribution in [3.63, 3.8) is 0 Å². The lowest BCUT2D eigenvalue weighted by atomic mass is 10.2. The molecule has 0 atom stereocenters. The summed E-state index contributed by atoms with van der Waals surface area (Å²) < 4.78 is 0. The summed E-state index contributed by atoms with van der Waals surface area (Å²) in [5.41, 5.74) is 6.93. The molecule has 0 aliphatic heterocycles. The summed E-state index contributed by atoms with van der Waals surface area (Å²) in [5.74, 6) is 0.625. The van der Waals surface area contributed by atoms with Gasteiger partial charge in [0.05, 0.1) is 5.56 Å². The number of allylic oxidation sites excluding steroid dienone is 1. The van der Waals surface area contributed by atoms with Crippen LogP contribution in [0.4, 0.5) is 11.8 Å². The van der Waals surface area contributed by atoms with Crippen molar-refractivity contribution < 1.29 is 0 Å². The number of nitrogens with zero attached hydrogens (tertiary/aromatic N) is 1. The standard InChI is InChI=1S/C10H16N4O/c1-4-6(2)5-12-8-7(3)9(15)14-10(11)13-8/h5H,4H2,1-3H3,(H4,11,12,13,14,15). The SMILES string of the molecule is CCC(C)=CNc1nc(N)[nH]c(=O)c1C. The first-order valence-corrected chi connectivity index (χ1v) is 4.83. The molecule has 0 fully saturated rings. The number of H-pyrrole nitrogens is 1. The second kappa shape index (κ2) is 4.63. The first-order chi connectivity index (χ1) is 7.04. The number of anilines is 2. The molecule has 1 heterocycles. The lowest BCUT2D eigenvalue weighted by molar-refractivity contribution is 1.07. The minimum Gasteiger partial charge on any atom is -0.369 e. The molecule has 0 aliphatic rings. The van der Waals surface area contributed by atoms with Gasteiger partial charge in [-0.15, -0.1) is 0 Å². The third-order valence-electron chi connectivity index (χ3n) is 2.18. The van der Waals surface area contributed by atoms with Crippen molar-refractivity contribution in [3.05, 3.63) is 27.7 Å². The molecular formula is C10H16N4O. The summed E-state index contributed by atoms with van der Waals surface area (Å²) in [6.07, 6.45) is 2.78. The normalized spacial score (nSPS) is 11.5. The molecule has 0 aromatic carbocycles. The third kappa shape index (κ3) is 2.83. The Kier molecular flexibility index (Phi) is 3.49. The maximum atomic E-state index is 11.3. The highest BCUT2D eigenvalue weighted by molar-refractivity contribution is 5.47. The van der Waals surface area contributed by atoms with Crippen molar-refractivity contribution in [1.29, 1.82) is 0 Å². The molecular weight excluding hydrogens is 192 g/mol. The molecule has 0 saturated carbocycles. The third-order valence-corrected chi connectivity index (χ3v) is 2.18. The van der Waals surface area contributed by atoms with Crippen LogP contribution >= 0.6 is 0 Å². The fourth-order valence-corrected chi connectivity index (χ4v) is 0.984. The number of rotatable bonds is 3. The number of hydrogen-bond donors (Lipinski definition) is 3. The van der Waals surface area contributed by atoms with Crippen LogP contribution in [0.3, 0.4) is 0 Å². The maximum Gasteiger partial charge on any atom is 0.257 e. The van der Waals surface area contributed by atoms with Gasteiger partial charge in [-0.3, -0.25) is 9.78 Å². The Hall–Kier alpha value is -1.78. The number of aromatic amines is 1. The lowest BCUT2D eigenvalue weighted by Gasteiger charge is -2.05. The quantitative estimate of drug-likeness (QED) is 0.700. The molecule has 0 radical (unpaired) electrons. The van der Waals surface area contributed by atoms with Gasteiger partial charge in [0, 0.05) is 6.20 Å². The molecule has 1 aromatic rings. The molecule has 0 bridgehead atoms. The summed E-state index contributed by atoms with van der Waals surface area (Å²) in [6, 6.07) is 0. The summed E-state index contributed by atoms with van der Waals surface area (Å²) in [5, 5.41) is 2.97. The van der Waals surface area contributed by atoms with Crippen LogP contribution in [0, 0.1) is 6.92 Å². The molecule has 5 nitrogen and oxygen atoms in total. The Bertz CT molecular complexity index is 434. The van der Waals surface area contributed by atoms with Crippen molar-refractivity contribution >= 4 is 11.8 Å². The van der Waals surface area contributed by atoms with Gasteiger partial charge in [-0.25, -0.2) is 0 Å². The fraction of sp³-hybridized carbons (Fsp3) is 0.400. The highest BCUT2D eigenvalue weighted by atomic mass is 16.1. The predicted molar refractivity (Wildman–Crippen MR) is 61.7 cm³/mol. The molecule has 0 aliphatic carbocycles. The Morgan fingerprint density at radius 3 is 2.93 bits per heavy atom. The van der Waals surface area contributed by atoms with E-state index in [4.69, 9.17) is 5.73 Å². The number of aromatic nitrogens is 2. The van der Waals surface area contributed by atoms with Gasteiger partial charge in [0.1, 0.15) is 5.82 Å². The molecule has 1 rings (SSSR count). The largest absolute Gasteiger partial charge is 0.369 e. The number of nitrogens with one attached hydrogen (secondary N) is 2. The molecule has 4 N–H and O–H groups in total. The van der Waals surface area contributed by atoms with Gasteiger partial charge in [-0.2, -0.15) is 4.98 Å². The van der Waals surface area contributed by atoms with E-state index >= 15 is 0 Å². The number of nitrogen functional groups attached to an aromatic ring is 1. The van der Waals surface area contributed by atoms with Crippen LogP contribution < -0.4 is 16.6 Å². The van der Waals surface area contributed by atoms with E-state index in [0.717, 1.165) is 6.42 Å². The molecule has 15 heavy (non-hydrogen) atoms. The van der Waals surface area contributed by atoms with Crippen molar-refractivity contribution in [2.24, 2.45) is 0 Å². The van der Waals surface area contributed by atoms with Crippen LogP contribution in [0.15, 0.2) is 16.6 Å². The average Bonchev–Trinajstić information content (AvgIpc) is 2.20. The molecule has 0 amide bonds. The summed E-state index contributed by atoms with van der Waals surface area (Å²) in [7, 11) is 0. The van der Waals surface area contributed by atoms with Crippen LogP contribution in [0.25, 0.3) is 0 Å². The zero-order valence-corrected chi connectivity index (χ0v) is 9.22. The van der Waals surface area contributed by atoms with Gasteiger partial charge < -0.3 is 11.1 Å². The Morgan fingerprint density at radius 1 is 1.67 bits per heavy atom. The topological polar surface area (TPSA) is 83.8 Å². The van der Waals surface area contributed by atoms with E-state index in [1.54, 1.807) is 6.92 Å². The van der Waals surface area contributed by atoms with E-state index in [2.05, 4.69) is 22.2 Å². The smallest absolute Gasteiger partial charge is 0.257 e. The van der Waals surface area contributed by atoms with Gasteiger partial charge >= 0.3 is 0 Å². The molecule has 5 heteroatoms. The van der Waals surface area contributed by atoms with Crippen LogP contribution in [0.5, 0.6) is 0 Å². The first-order valence-electron chi connectivity index (χ1n) is 4.83. The zero-order chi connectivity index (χ0) is 11.4. The molecule has 82 valence electrons. The second-order valence-electron chi connectivity index (χ2n) is 3.41. The van der Waals surface area contributed by atoms with Crippen LogP contribution in [-0.4, -0.2) is 9.97 Å². The second-order valence-corrected chi connectivity index (χ2v) is 3.41. The van der Waals surface area contributed by atoms with E-state index in [1.807, 2.05) is 13.1 Å². The predicted octanol–water partition coefficient (Wildman–Crippen LogP) is 1.39. The van der Waals surface area contributed by atoms with Gasteiger partial charge in [0.25, 0.3) is 5.56 Å². The monoisotopic (exact) mass is 208 g/mol. The minimum atomic E-state index is -0.215. The molecule has 0 saturated heterocycles. The van der Waals surface area contributed by atoms with Crippen LogP contribution in [-0.2, 0) is 0 Å². The van der Waals surface area contributed by atoms with Gasteiger partial charge in [0.2, 0.25) is 5.95 Å². The fourth-order valence-electron chi connectivity index (χ4n) is 0.984. The number of hydrogen-bond acceptors (Lipinski definition) is 4. The van der Waals surface area contributed by atoms with Crippen LogP contribution in [0.1, 0.15) is 25.8 Å². The van der Waals surface area contributed by atoms with Gasteiger partial charge in [0.15, 0.2) is 0 Å². The maximum absolute atomic E-state index is 11.3. The van der Waals surface area contributed by atoms with Gasteiger partial charge in [-0.1, -0.05) is 12.5 Å². The van der Waals surface area contributed by atoms with E-state index in [0.29, 0.717) is 11.4 Å². The summed E-state index contributed by atoms with van der Waals surface area (Å²) >= 11 is 0. The van der Waals surface area contributed by atoms with Crippen molar-refractivity contribution in [3.8, 4) is 0 Å². The first kappa shape index (κ1) is 11.3. The molecule has 0 unspecified atom stereocenters. The average molecular weight is 208 g/mol. The van der Waals surface area contributed by atoms with Crippen molar-refractivity contribution in [1.82, 2.24) is 9.97 Å². The van der Waals surface area contributed by atoms with Crippen molar-refractivity contribution in [2.45, 2.75) is 27.2 Å². The van der Waals surface area contributed by atoms with E-state index in [1.165, 1.54) is 5.57 Å². The van der Waals surface area contributed by atoms with E-state index in [9.17, 15) is 4.79 Å².